The average Bonchev–Trinajstić information content (AvgIpc) is 2.55. The van der Waals surface area contributed by atoms with Crippen LogP contribution in [-0.4, -0.2) is 57.0 Å². The molecule has 0 radical (unpaired) electrons. The van der Waals surface area contributed by atoms with E-state index in [-0.39, 0.29) is 0 Å². The first-order valence-electron chi connectivity index (χ1n) is 8.35. The number of ether oxygens (including phenoxy) is 1. The summed E-state index contributed by atoms with van der Waals surface area (Å²) in [4.78, 5) is 2.84. The Bertz CT molecular complexity index is 643. The molecule has 2 atom stereocenters. The molecule has 6 heteroatoms. The summed E-state index contributed by atoms with van der Waals surface area (Å²) in [5, 5.41) is 0. The lowest BCUT2D eigenvalue weighted by molar-refractivity contribution is -0.0911. The number of sulfonamides is 1. The zero-order valence-electron chi connectivity index (χ0n) is 13.9. The molecule has 0 aromatic heterocycles. The Hall–Kier alpha value is -0.950. The van der Waals surface area contributed by atoms with Crippen molar-refractivity contribution in [2.24, 2.45) is 0 Å². The maximum Gasteiger partial charge on any atom is 0.242 e. The monoisotopic (exact) mass is 338 g/mol. The van der Waals surface area contributed by atoms with Gasteiger partial charge in [0.25, 0.3) is 0 Å². The second-order valence-electron chi connectivity index (χ2n) is 6.67. The van der Waals surface area contributed by atoms with Gasteiger partial charge in [-0.1, -0.05) is 25.0 Å². The largest absolute Gasteiger partial charge is 0.375 e. The lowest BCUT2D eigenvalue weighted by Gasteiger charge is -2.43. The van der Waals surface area contributed by atoms with Crippen molar-refractivity contribution >= 4 is 10.0 Å². The molecular weight excluding hydrogens is 312 g/mol. The van der Waals surface area contributed by atoms with Crippen molar-refractivity contribution in [3.8, 4) is 0 Å². The molecule has 1 saturated heterocycles. The van der Waals surface area contributed by atoms with E-state index < -0.39 is 10.0 Å². The lowest BCUT2D eigenvalue weighted by atomic mass is 9.90. The first-order valence-corrected chi connectivity index (χ1v) is 9.79. The summed E-state index contributed by atoms with van der Waals surface area (Å²) in [6.07, 6.45) is 5.20. The van der Waals surface area contributed by atoms with Gasteiger partial charge >= 0.3 is 0 Å². The van der Waals surface area contributed by atoms with E-state index in [1.807, 2.05) is 18.2 Å². The van der Waals surface area contributed by atoms with Crippen LogP contribution in [0.2, 0.25) is 0 Å². The maximum atomic E-state index is 12.3. The standard InChI is InChI=1S/C17H26N2O3S/c1-18(2)23(20,21)15-7-5-6-14(12-15)13-19-10-11-22-17-9-4-3-8-16(17)19/h5-7,12,16-17H,3-4,8-11,13H2,1-2H3/t16-,17+/m1/s1. The number of rotatable bonds is 4. The third-order valence-corrected chi connectivity index (χ3v) is 6.72. The van der Waals surface area contributed by atoms with Gasteiger partial charge in [-0.3, -0.25) is 4.90 Å². The molecule has 1 aromatic rings. The Morgan fingerprint density at radius 3 is 2.83 bits per heavy atom. The van der Waals surface area contributed by atoms with Crippen LogP contribution in [0.1, 0.15) is 31.2 Å². The minimum absolute atomic E-state index is 0.353. The molecule has 0 unspecified atom stereocenters. The molecule has 0 amide bonds. The Balaban J connectivity index is 1.77. The van der Waals surface area contributed by atoms with Crippen LogP contribution in [-0.2, 0) is 21.3 Å². The maximum absolute atomic E-state index is 12.3. The van der Waals surface area contributed by atoms with Gasteiger partial charge in [0.15, 0.2) is 0 Å². The van der Waals surface area contributed by atoms with Gasteiger partial charge in [0, 0.05) is 33.2 Å². The molecule has 0 spiro atoms. The third kappa shape index (κ3) is 3.60. The number of morpholine rings is 1. The predicted molar refractivity (Wildman–Crippen MR) is 89.7 cm³/mol. The molecule has 1 heterocycles. The predicted octanol–water partition coefficient (Wildman–Crippen LogP) is 2.08. The molecule has 3 rings (SSSR count). The fourth-order valence-corrected chi connectivity index (χ4v) is 4.59. The van der Waals surface area contributed by atoms with Gasteiger partial charge in [0.05, 0.1) is 17.6 Å². The molecule has 0 N–H and O–H groups in total. The summed E-state index contributed by atoms with van der Waals surface area (Å²) < 4.78 is 31.8. The van der Waals surface area contributed by atoms with Crippen molar-refractivity contribution < 1.29 is 13.2 Å². The number of benzene rings is 1. The molecular formula is C17H26N2O3S. The van der Waals surface area contributed by atoms with Crippen LogP contribution in [0.5, 0.6) is 0 Å². The fourth-order valence-electron chi connectivity index (χ4n) is 3.62. The van der Waals surface area contributed by atoms with E-state index in [9.17, 15) is 8.42 Å². The molecule has 2 aliphatic rings. The molecule has 1 aromatic carbocycles. The van der Waals surface area contributed by atoms with Crippen molar-refractivity contribution in [1.29, 1.82) is 0 Å². The molecule has 0 bridgehead atoms. The van der Waals surface area contributed by atoms with Crippen molar-refractivity contribution in [3.05, 3.63) is 29.8 Å². The molecule has 1 aliphatic heterocycles. The van der Waals surface area contributed by atoms with Gasteiger partial charge in [-0.05, 0) is 30.5 Å². The fraction of sp³-hybridized carbons (Fsp3) is 0.647. The first kappa shape index (κ1) is 16.9. The van der Waals surface area contributed by atoms with Gasteiger partial charge in [-0.15, -0.1) is 0 Å². The second kappa shape index (κ2) is 6.89. The van der Waals surface area contributed by atoms with Crippen molar-refractivity contribution in [2.45, 2.75) is 49.3 Å². The number of hydrogen-bond acceptors (Lipinski definition) is 4. The van der Waals surface area contributed by atoms with E-state index in [1.54, 1.807) is 20.2 Å². The number of hydrogen-bond donors (Lipinski definition) is 0. The Kier molecular flexibility index (Phi) is 5.06. The summed E-state index contributed by atoms with van der Waals surface area (Å²) in [7, 11) is -0.241. The Labute approximate surface area is 139 Å². The molecule has 23 heavy (non-hydrogen) atoms. The van der Waals surface area contributed by atoms with Crippen molar-refractivity contribution in [2.75, 3.05) is 27.2 Å². The minimum atomic E-state index is -3.37. The van der Waals surface area contributed by atoms with Crippen LogP contribution in [0.3, 0.4) is 0 Å². The van der Waals surface area contributed by atoms with E-state index in [1.165, 1.54) is 23.6 Å². The van der Waals surface area contributed by atoms with E-state index in [0.717, 1.165) is 31.7 Å². The van der Waals surface area contributed by atoms with Crippen LogP contribution < -0.4 is 0 Å². The SMILES string of the molecule is CN(C)S(=O)(=O)c1cccc(CN2CCO[C@H]3CCCC[C@H]32)c1. The highest BCUT2D eigenvalue weighted by molar-refractivity contribution is 7.89. The highest BCUT2D eigenvalue weighted by atomic mass is 32.2. The van der Waals surface area contributed by atoms with Crippen LogP contribution in [0.25, 0.3) is 0 Å². The summed E-state index contributed by atoms with van der Waals surface area (Å²) in [5.41, 5.74) is 1.05. The van der Waals surface area contributed by atoms with Gasteiger partial charge < -0.3 is 4.74 Å². The van der Waals surface area contributed by atoms with Crippen LogP contribution >= 0.6 is 0 Å². The summed E-state index contributed by atoms with van der Waals surface area (Å²) in [6, 6.07) is 7.81. The third-order valence-electron chi connectivity index (χ3n) is 4.91. The number of fused-ring (bicyclic) bond motifs is 1. The smallest absolute Gasteiger partial charge is 0.242 e. The molecule has 1 aliphatic carbocycles. The van der Waals surface area contributed by atoms with Crippen molar-refractivity contribution in [1.82, 2.24) is 9.21 Å². The van der Waals surface area contributed by atoms with Crippen LogP contribution in [0.15, 0.2) is 29.2 Å². The van der Waals surface area contributed by atoms with E-state index in [0.29, 0.717) is 17.0 Å². The summed E-state index contributed by atoms with van der Waals surface area (Å²) in [6.45, 7) is 2.49. The zero-order valence-corrected chi connectivity index (χ0v) is 14.8. The Morgan fingerprint density at radius 2 is 2.04 bits per heavy atom. The summed E-state index contributed by atoms with van der Waals surface area (Å²) in [5.74, 6) is 0. The zero-order chi connectivity index (χ0) is 16.4. The Morgan fingerprint density at radius 1 is 1.26 bits per heavy atom. The van der Waals surface area contributed by atoms with E-state index in [4.69, 9.17) is 4.74 Å². The van der Waals surface area contributed by atoms with Gasteiger partial charge in [0.2, 0.25) is 10.0 Å². The molecule has 1 saturated carbocycles. The van der Waals surface area contributed by atoms with Crippen LogP contribution in [0, 0.1) is 0 Å². The second-order valence-corrected chi connectivity index (χ2v) is 8.82. The van der Waals surface area contributed by atoms with Crippen molar-refractivity contribution in [3.63, 3.8) is 0 Å². The lowest BCUT2D eigenvalue weighted by Crippen LogP contribution is -2.52. The van der Waals surface area contributed by atoms with Crippen LogP contribution in [0.4, 0.5) is 0 Å². The highest BCUT2D eigenvalue weighted by Gasteiger charge is 2.34. The van der Waals surface area contributed by atoms with E-state index in [2.05, 4.69) is 4.90 Å². The molecule has 5 nitrogen and oxygen atoms in total. The molecule has 2 fully saturated rings. The number of nitrogens with zero attached hydrogens (tertiary/aromatic N) is 2. The molecule has 128 valence electrons. The summed E-state index contributed by atoms with van der Waals surface area (Å²) >= 11 is 0. The minimum Gasteiger partial charge on any atom is -0.375 e. The van der Waals surface area contributed by atoms with Gasteiger partial charge in [0.1, 0.15) is 0 Å². The van der Waals surface area contributed by atoms with Gasteiger partial charge in [-0.2, -0.15) is 0 Å². The van der Waals surface area contributed by atoms with E-state index >= 15 is 0 Å². The average molecular weight is 338 g/mol. The normalized spacial score (nSPS) is 26.2. The quantitative estimate of drug-likeness (QED) is 0.843. The highest BCUT2D eigenvalue weighted by Crippen LogP contribution is 2.29. The van der Waals surface area contributed by atoms with Gasteiger partial charge in [-0.25, -0.2) is 12.7 Å². The topological polar surface area (TPSA) is 49.9 Å². The first-order chi connectivity index (χ1) is 11.0.